The van der Waals surface area contributed by atoms with Crippen LogP contribution in [-0.2, 0) is 11.3 Å². The van der Waals surface area contributed by atoms with E-state index in [0.29, 0.717) is 13.0 Å². The van der Waals surface area contributed by atoms with Gasteiger partial charge in [-0.3, -0.25) is 4.79 Å². The molecule has 0 saturated carbocycles. The monoisotopic (exact) mass is 567 g/mol. The van der Waals surface area contributed by atoms with E-state index in [2.05, 4.69) is 4.57 Å². The molecule has 1 aromatic heterocycles. The molecule has 6 rings (SSSR count). The number of nitrogens with zero attached hydrogens (tertiary/aromatic N) is 3. The van der Waals surface area contributed by atoms with Crippen molar-refractivity contribution in [2.24, 2.45) is 5.10 Å². The zero-order valence-corrected chi connectivity index (χ0v) is 23.2. The van der Waals surface area contributed by atoms with Crippen molar-refractivity contribution in [3.63, 3.8) is 0 Å². The van der Waals surface area contributed by atoms with Gasteiger partial charge in [-0.25, -0.2) is 13.8 Å². The Morgan fingerprint density at radius 2 is 1.61 bits per heavy atom. The second-order valence-electron chi connectivity index (χ2n) is 9.84. The molecule has 1 amide bonds. The van der Waals surface area contributed by atoms with Crippen LogP contribution >= 0.6 is 11.8 Å². The first-order valence-electron chi connectivity index (χ1n) is 13.2. The molecule has 0 radical (unpaired) electrons. The molecule has 0 saturated heterocycles. The number of hydrogen-bond donors (Lipinski definition) is 0. The van der Waals surface area contributed by atoms with E-state index in [1.54, 1.807) is 31.4 Å². The summed E-state index contributed by atoms with van der Waals surface area (Å²) in [5, 5.41) is 7.34. The number of amides is 1. The molecule has 0 N–H and O–H groups in total. The van der Waals surface area contributed by atoms with Crippen LogP contribution in [0.4, 0.5) is 8.78 Å². The number of para-hydroxylation sites is 1. The highest BCUT2D eigenvalue weighted by Gasteiger charge is 2.33. The van der Waals surface area contributed by atoms with E-state index in [0.717, 1.165) is 43.9 Å². The summed E-state index contributed by atoms with van der Waals surface area (Å²) in [5.41, 5.74) is 4.55. The molecule has 0 spiro atoms. The second kappa shape index (κ2) is 11.6. The maximum absolute atomic E-state index is 13.7. The lowest BCUT2D eigenvalue weighted by molar-refractivity contribution is -0.130. The van der Waals surface area contributed by atoms with E-state index in [-0.39, 0.29) is 29.3 Å². The number of ether oxygens (including phenoxy) is 1. The number of carbonyl (C=O) groups excluding carboxylic acids is 1. The van der Waals surface area contributed by atoms with Crippen LogP contribution in [0, 0.1) is 11.6 Å². The summed E-state index contributed by atoms with van der Waals surface area (Å²) in [4.78, 5) is 14.7. The molecule has 0 fully saturated rings. The summed E-state index contributed by atoms with van der Waals surface area (Å²) in [5.74, 6) is 0.198. The van der Waals surface area contributed by atoms with E-state index >= 15 is 0 Å². The summed E-state index contributed by atoms with van der Waals surface area (Å²) >= 11 is 1.46. The van der Waals surface area contributed by atoms with Gasteiger partial charge in [0.1, 0.15) is 17.4 Å². The Morgan fingerprint density at radius 3 is 2.32 bits per heavy atom. The minimum absolute atomic E-state index is 0.136. The van der Waals surface area contributed by atoms with Gasteiger partial charge < -0.3 is 9.30 Å². The Labute approximate surface area is 241 Å². The summed E-state index contributed by atoms with van der Waals surface area (Å²) in [6.45, 7) is 0.587. The molecule has 41 heavy (non-hydrogen) atoms. The Hall–Kier alpha value is -4.43. The lowest BCUT2D eigenvalue weighted by Gasteiger charge is -2.22. The largest absolute Gasteiger partial charge is 0.497 e. The van der Waals surface area contributed by atoms with Gasteiger partial charge in [0.25, 0.3) is 5.91 Å². The minimum Gasteiger partial charge on any atom is -0.497 e. The third-order valence-corrected chi connectivity index (χ3v) is 8.24. The van der Waals surface area contributed by atoms with Gasteiger partial charge in [-0.15, -0.1) is 11.8 Å². The van der Waals surface area contributed by atoms with Crippen LogP contribution in [0.2, 0.25) is 0 Å². The number of benzene rings is 4. The van der Waals surface area contributed by atoms with Gasteiger partial charge in [-0.1, -0.05) is 42.5 Å². The number of aromatic nitrogens is 1. The van der Waals surface area contributed by atoms with Crippen molar-refractivity contribution in [1.29, 1.82) is 0 Å². The molecular weight excluding hydrogens is 540 g/mol. The summed E-state index contributed by atoms with van der Waals surface area (Å²) < 4.78 is 34.5. The zero-order chi connectivity index (χ0) is 28.3. The third-order valence-electron chi connectivity index (χ3n) is 7.21. The molecule has 1 unspecified atom stereocenters. The molecule has 0 bridgehead atoms. The van der Waals surface area contributed by atoms with E-state index < -0.39 is 0 Å². The first-order chi connectivity index (χ1) is 20.0. The fourth-order valence-electron chi connectivity index (χ4n) is 5.09. The van der Waals surface area contributed by atoms with Crippen molar-refractivity contribution in [3.05, 3.63) is 132 Å². The first-order valence-corrected chi connectivity index (χ1v) is 14.2. The van der Waals surface area contributed by atoms with Crippen LogP contribution in [0.25, 0.3) is 10.9 Å². The van der Waals surface area contributed by atoms with Gasteiger partial charge in [-0.2, -0.15) is 5.10 Å². The number of rotatable bonds is 8. The zero-order valence-electron chi connectivity index (χ0n) is 22.3. The topological polar surface area (TPSA) is 46.8 Å². The van der Waals surface area contributed by atoms with E-state index in [9.17, 15) is 13.6 Å². The van der Waals surface area contributed by atoms with E-state index in [1.807, 2.05) is 54.7 Å². The number of carbonyl (C=O) groups is 1. The quantitative estimate of drug-likeness (QED) is 0.183. The SMILES string of the molecule is COc1ccc(C2=NN(C(=O)CSc3cn(Cc4ccc(F)cc4)c4ccccc34)C(c3ccc(F)cc3)C2)cc1. The average Bonchev–Trinajstić information content (AvgIpc) is 3.60. The average molecular weight is 568 g/mol. The summed E-state index contributed by atoms with van der Waals surface area (Å²) in [7, 11) is 1.62. The van der Waals surface area contributed by atoms with Crippen molar-refractivity contribution in [3.8, 4) is 5.75 Å². The summed E-state index contributed by atoms with van der Waals surface area (Å²) in [6, 6.07) is 28.0. The number of thioether (sulfide) groups is 1. The number of halogens is 2. The highest BCUT2D eigenvalue weighted by Crippen LogP contribution is 2.36. The molecule has 2 heterocycles. The van der Waals surface area contributed by atoms with Gasteiger partial charge in [0.15, 0.2) is 0 Å². The fourth-order valence-corrected chi connectivity index (χ4v) is 6.03. The van der Waals surface area contributed by atoms with Gasteiger partial charge in [-0.05, 0) is 71.3 Å². The van der Waals surface area contributed by atoms with Crippen molar-refractivity contribution in [2.75, 3.05) is 12.9 Å². The normalized spacial score (nSPS) is 14.9. The fraction of sp³-hybridized carbons (Fsp3) is 0.152. The molecule has 1 aliphatic rings. The molecule has 5 aromatic rings. The predicted molar refractivity (Wildman–Crippen MR) is 158 cm³/mol. The number of hydrazone groups is 1. The molecule has 1 atom stereocenters. The van der Waals surface area contributed by atoms with Crippen LogP contribution in [-0.4, -0.2) is 34.1 Å². The number of methoxy groups -OCH3 is 1. The van der Waals surface area contributed by atoms with E-state index in [4.69, 9.17) is 9.84 Å². The van der Waals surface area contributed by atoms with Crippen LogP contribution in [0.15, 0.2) is 113 Å². The molecule has 1 aliphatic heterocycles. The van der Waals surface area contributed by atoms with Gasteiger partial charge in [0, 0.05) is 35.0 Å². The highest BCUT2D eigenvalue weighted by molar-refractivity contribution is 8.00. The van der Waals surface area contributed by atoms with Crippen molar-refractivity contribution in [1.82, 2.24) is 9.58 Å². The van der Waals surface area contributed by atoms with Crippen LogP contribution in [0.3, 0.4) is 0 Å². The van der Waals surface area contributed by atoms with Gasteiger partial charge in [0.2, 0.25) is 0 Å². The van der Waals surface area contributed by atoms with Gasteiger partial charge >= 0.3 is 0 Å². The van der Waals surface area contributed by atoms with Crippen LogP contribution < -0.4 is 4.74 Å². The van der Waals surface area contributed by atoms with Crippen molar-refractivity contribution in [2.45, 2.75) is 23.9 Å². The standard InChI is InChI=1S/C33H27F2N3O2S/c1-40-27-16-10-23(11-17-27)29-18-31(24-8-14-26(35)15-9-24)38(36-29)33(39)21-41-32-20-37(30-5-3-2-4-28(30)32)19-22-6-12-25(34)13-7-22/h2-17,20,31H,18-19,21H2,1H3. The lowest BCUT2D eigenvalue weighted by Crippen LogP contribution is -2.28. The second-order valence-corrected chi connectivity index (χ2v) is 10.9. The molecule has 0 aliphatic carbocycles. The summed E-state index contributed by atoms with van der Waals surface area (Å²) in [6.07, 6.45) is 2.56. The maximum Gasteiger partial charge on any atom is 0.253 e. The van der Waals surface area contributed by atoms with E-state index in [1.165, 1.54) is 41.0 Å². The Balaban J connectivity index is 1.25. The Kier molecular flexibility index (Phi) is 7.57. The van der Waals surface area contributed by atoms with Gasteiger partial charge in [0.05, 0.1) is 24.6 Å². The molecule has 8 heteroatoms. The maximum atomic E-state index is 13.7. The van der Waals surface area contributed by atoms with Crippen molar-refractivity contribution < 1.29 is 18.3 Å². The smallest absolute Gasteiger partial charge is 0.253 e. The molecule has 5 nitrogen and oxygen atoms in total. The third kappa shape index (κ3) is 5.74. The lowest BCUT2D eigenvalue weighted by atomic mass is 9.98. The number of fused-ring (bicyclic) bond motifs is 1. The minimum atomic E-state index is -0.333. The van der Waals surface area contributed by atoms with Crippen molar-refractivity contribution >= 4 is 34.3 Å². The Morgan fingerprint density at radius 1 is 0.927 bits per heavy atom. The van der Waals surface area contributed by atoms with Crippen LogP contribution in [0.5, 0.6) is 5.75 Å². The molecule has 206 valence electrons. The predicted octanol–water partition coefficient (Wildman–Crippen LogP) is 7.45. The Bertz CT molecular complexity index is 1720. The molecule has 4 aromatic carbocycles. The molecular formula is C33H27F2N3O2S. The highest BCUT2D eigenvalue weighted by atomic mass is 32.2. The number of hydrogen-bond acceptors (Lipinski definition) is 4. The first kappa shape index (κ1) is 26.8. The van der Waals surface area contributed by atoms with Crippen LogP contribution in [0.1, 0.15) is 29.2 Å².